The van der Waals surface area contributed by atoms with E-state index in [1.54, 1.807) is 29.0 Å². The van der Waals surface area contributed by atoms with Crippen molar-refractivity contribution in [3.8, 4) is 5.75 Å². The van der Waals surface area contributed by atoms with E-state index in [2.05, 4.69) is 0 Å². The van der Waals surface area contributed by atoms with E-state index in [1.807, 2.05) is 43.3 Å². The summed E-state index contributed by atoms with van der Waals surface area (Å²) in [5.41, 5.74) is 2.36. The van der Waals surface area contributed by atoms with Crippen molar-refractivity contribution < 1.29 is 14.3 Å². The van der Waals surface area contributed by atoms with Gasteiger partial charge in [0.15, 0.2) is 0 Å². The second-order valence-electron chi connectivity index (χ2n) is 6.17. The van der Waals surface area contributed by atoms with Crippen LogP contribution < -0.4 is 9.64 Å². The van der Waals surface area contributed by atoms with Gasteiger partial charge in [-0.15, -0.1) is 0 Å². The Hall–Kier alpha value is -2.82. The van der Waals surface area contributed by atoms with Gasteiger partial charge in [0, 0.05) is 18.7 Å². The van der Waals surface area contributed by atoms with E-state index in [9.17, 15) is 9.59 Å². The standard InChI is InChI=1S/C20H22N2O3/c1-15-9-11-16(12-10-15)22(14-21-13-5-8-19(21)23)20(24)17-6-3-4-7-18(17)25-2/h3-4,6-7,9-12H,5,8,13-14H2,1-2H3. The van der Waals surface area contributed by atoms with Crippen LogP contribution >= 0.6 is 0 Å². The van der Waals surface area contributed by atoms with Crippen molar-refractivity contribution in [2.75, 3.05) is 25.2 Å². The molecule has 2 amide bonds. The van der Waals surface area contributed by atoms with Crippen LogP contribution in [0.1, 0.15) is 28.8 Å². The third kappa shape index (κ3) is 3.65. The largest absolute Gasteiger partial charge is 0.496 e. The minimum absolute atomic E-state index is 0.0879. The van der Waals surface area contributed by atoms with E-state index >= 15 is 0 Å². The van der Waals surface area contributed by atoms with Gasteiger partial charge in [0.2, 0.25) is 5.91 Å². The number of carbonyl (C=O) groups is 2. The molecule has 5 nitrogen and oxygen atoms in total. The summed E-state index contributed by atoms with van der Waals surface area (Å²) < 4.78 is 5.33. The monoisotopic (exact) mass is 338 g/mol. The number of aryl methyl sites for hydroxylation is 1. The molecular weight excluding hydrogens is 316 g/mol. The molecule has 0 atom stereocenters. The number of hydrogen-bond acceptors (Lipinski definition) is 3. The third-order valence-corrected chi connectivity index (χ3v) is 4.41. The Balaban J connectivity index is 1.96. The predicted molar refractivity (Wildman–Crippen MR) is 96.8 cm³/mol. The number of methoxy groups -OCH3 is 1. The minimum Gasteiger partial charge on any atom is -0.496 e. The molecular formula is C20H22N2O3. The lowest BCUT2D eigenvalue weighted by Crippen LogP contribution is -2.42. The molecule has 1 saturated heterocycles. The van der Waals surface area contributed by atoms with Gasteiger partial charge in [-0.1, -0.05) is 29.8 Å². The van der Waals surface area contributed by atoms with Crippen molar-refractivity contribution >= 4 is 17.5 Å². The van der Waals surface area contributed by atoms with E-state index in [4.69, 9.17) is 4.74 Å². The van der Waals surface area contributed by atoms with E-state index in [-0.39, 0.29) is 18.5 Å². The number of carbonyl (C=O) groups excluding carboxylic acids is 2. The molecule has 0 spiro atoms. The van der Waals surface area contributed by atoms with Crippen LogP contribution in [0.5, 0.6) is 5.75 Å². The molecule has 1 aliphatic rings. The number of anilines is 1. The SMILES string of the molecule is COc1ccccc1C(=O)N(CN1CCCC1=O)c1ccc(C)cc1. The molecule has 0 saturated carbocycles. The van der Waals surface area contributed by atoms with Crippen LogP contribution in [0.3, 0.4) is 0 Å². The molecule has 0 aromatic heterocycles. The fourth-order valence-electron chi connectivity index (χ4n) is 2.98. The maximum Gasteiger partial charge on any atom is 0.263 e. The fraction of sp³-hybridized carbons (Fsp3) is 0.300. The summed E-state index contributed by atoms with van der Waals surface area (Å²) in [4.78, 5) is 28.6. The van der Waals surface area contributed by atoms with Crippen molar-refractivity contribution in [1.29, 1.82) is 0 Å². The van der Waals surface area contributed by atoms with E-state index in [0.717, 1.165) is 17.7 Å². The zero-order chi connectivity index (χ0) is 17.8. The Bertz CT molecular complexity index is 771. The molecule has 1 aliphatic heterocycles. The van der Waals surface area contributed by atoms with Crippen LogP contribution in [0.15, 0.2) is 48.5 Å². The lowest BCUT2D eigenvalue weighted by molar-refractivity contribution is -0.127. The molecule has 0 bridgehead atoms. The quantitative estimate of drug-likeness (QED) is 0.841. The number of hydrogen-bond donors (Lipinski definition) is 0. The Morgan fingerprint density at radius 1 is 1.16 bits per heavy atom. The molecule has 0 unspecified atom stereocenters. The first-order valence-corrected chi connectivity index (χ1v) is 8.39. The second-order valence-corrected chi connectivity index (χ2v) is 6.17. The summed E-state index contributed by atoms with van der Waals surface area (Å²) >= 11 is 0. The lowest BCUT2D eigenvalue weighted by atomic mass is 10.1. The van der Waals surface area contributed by atoms with Crippen LogP contribution in [0.25, 0.3) is 0 Å². The maximum absolute atomic E-state index is 13.2. The van der Waals surface area contributed by atoms with Crippen LogP contribution in [0, 0.1) is 6.92 Å². The molecule has 0 aliphatic carbocycles. The first-order valence-electron chi connectivity index (χ1n) is 8.39. The Morgan fingerprint density at radius 2 is 1.88 bits per heavy atom. The summed E-state index contributed by atoms with van der Waals surface area (Å²) in [6.07, 6.45) is 1.38. The molecule has 130 valence electrons. The molecule has 5 heteroatoms. The average molecular weight is 338 g/mol. The molecule has 25 heavy (non-hydrogen) atoms. The molecule has 1 heterocycles. The molecule has 3 rings (SSSR count). The molecule has 2 aromatic rings. The Kier molecular flexibility index (Phi) is 5.03. The number of para-hydroxylation sites is 1. The van der Waals surface area contributed by atoms with Gasteiger partial charge in [-0.3, -0.25) is 14.5 Å². The fourth-order valence-corrected chi connectivity index (χ4v) is 2.98. The summed E-state index contributed by atoms with van der Waals surface area (Å²) in [7, 11) is 1.55. The highest BCUT2D eigenvalue weighted by Gasteiger charge is 2.27. The van der Waals surface area contributed by atoms with Crippen molar-refractivity contribution in [2.24, 2.45) is 0 Å². The molecule has 0 N–H and O–H groups in total. The van der Waals surface area contributed by atoms with Gasteiger partial charge in [-0.05, 0) is 37.6 Å². The second kappa shape index (κ2) is 7.38. The lowest BCUT2D eigenvalue weighted by Gasteiger charge is -2.28. The van der Waals surface area contributed by atoms with Gasteiger partial charge in [0.1, 0.15) is 12.4 Å². The summed E-state index contributed by atoms with van der Waals surface area (Å²) in [5.74, 6) is 0.434. The van der Waals surface area contributed by atoms with E-state index < -0.39 is 0 Å². The van der Waals surface area contributed by atoms with Gasteiger partial charge in [-0.2, -0.15) is 0 Å². The normalized spacial score (nSPS) is 13.8. The number of nitrogens with zero attached hydrogens (tertiary/aromatic N) is 2. The topological polar surface area (TPSA) is 49.9 Å². The smallest absolute Gasteiger partial charge is 0.263 e. The highest BCUT2D eigenvalue weighted by molar-refractivity contribution is 6.08. The summed E-state index contributed by atoms with van der Waals surface area (Å²) in [6, 6.07) is 14.9. The maximum atomic E-state index is 13.2. The predicted octanol–water partition coefficient (Wildman–Crippen LogP) is 3.23. The number of likely N-dealkylation sites (tertiary alicyclic amines) is 1. The van der Waals surface area contributed by atoms with Crippen molar-refractivity contribution in [3.63, 3.8) is 0 Å². The molecule has 1 fully saturated rings. The number of benzene rings is 2. The highest BCUT2D eigenvalue weighted by Crippen LogP contribution is 2.25. The van der Waals surface area contributed by atoms with Crippen molar-refractivity contribution in [3.05, 3.63) is 59.7 Å². The number of amides is 2. The first-order chi connectivity index (χ1) is 12.1. The van der Waals surface area contributed by atoms with Gasteiger partial charge in [0.05, 0.1) is 12.7 Å². The zero-order valence-electron chi connectivity index (χ0n) is 14.6. The Labute approximate surface area is 147 Å². The number of ether oxygens (including phenoxy) is 1. The van der Waals surface area contributed by atoms with Crippen LogP contribution in [-0.2, 0) is 4.79 Å². The van der Waals surface area contributed by atoms with Crippen LogP contribution in [-0.4, -0.2) is 37.0 Å². The highest BCUT2D eigenvalue weighted by atomic mass is 16.5. The van der Waals surface area contributed by atoms with Crippen LogP contribution in [0.2, 0.25) is 0 Å². The first kappa shape index (κ1) is 17.0. The van der Waals surface area contributed by atoms with Crippen molar-refractivity contribution in [1.82, 2.24) is 4.90 Å². The van der Waals surface area contributed by atoms with Gasteiger partial charge in [0.25, 0.3) is 5.91 Å². The molecule has 2 aromatic carbocycles. The van der Waals surface area contributed by atoms with Gasteiger partial charge in [-0.25, -0.2) is 0 Å². The van der Waals surface area contributed by atoms with Gasteiger partial charge >= 0.3 is 0 Å². The van der Waals surface area contributed by atoms with E-state index in [0.29, 0.717) is 24.3 Å². The number of rotatable bonds is 5. The Morgan fingerprint density at radius 3 is 2.52 bits per heavy atom. The summed E-state index contributed by atoms with van der Waals surface area (Å²) in [6.45, 7) is 2.93. The van der Waals surface area contributed by atoms with Crippen molar-refractivity contribution in [2.45, 2.75) is 19.8 Å². The minimum atomic E-state index is -0.180. The average Bonchev–Trinajstić information content (AvgIpc) is 3.04. The third-order valence-electron chi connectivity index (χ3n) is 4.41. The van der Waals surface area contributed by atoms with Crippen LogP contribution in [0.4, 0.5) is 5.69 Å². The van der Waals surface area contributed by atoms with Gasteiger partial charge < -0.3 is 9.64 Å². The van der Waals surface area contributed by atoms with E-state index in [1.165, 1.54) is 0 Å². The zero-order valence-corrected chi connectivity index (χ0v) is 14.6. The molecule has 0 radical (unpaired) electrons. The summed E-state index contributed by atoms with van der Waals surface area (Å²) in [5, 5.41) is 0.